The average molecular weight is 265 g/mol. The Morgan fingerprint density at radius 2 is 2.00 bits per heavy atom. The second-order valence-corrected chi connectivity index (χ2v) is 5.45. The Balaban J connectivity index is 2.11. The number of aryl methyl sites for hydroxylation is 2. The molecule has 1 aliphatic carbocycles. The van der Waals surface area contributed by atoms with E-state index in [9.17, 15) is 9.90 Å². The van der Waals surface area contributed by atoms with Gasteiger partial charge in [-0.3, -0.25) is 9.48 Å². The molecule has 1 amide bonds. The zero-order valence-electron chi connectivity index (χ0n) is 11.9. The van der Waals surface area contributed by atoms with Crippen molar-refractivity contribution in [3.63, 3.8) is 0 Å². The standard InChI is InChI=1S/C14H23N3O2/c1-9-13(10(2)17(3)16-9)14(19)15-11-7-5-4-6-8-12(11)18/h11-12,18H,4-8H2,1-3H3,(H,15,19). The van der Waals surface area contributed by atoms with Gasteiger partial charge in [0.05, 0.1) is 23.4 Å². The van der Waals surface area contributed by atoms with Crippen molar-refractivity contribution in [2.75, 3.05) is 0 Å². The van der Waals surface area contributed by atoms with Crippen molar-refractivity contribution in [3.05, 3.63) is 17.0 Å². The van der Waals surface area contributed by atoms with Crippen molar-refractivity contribution in [1.82, 2.24) is 15.1 Å². The van der Waals surface area contributed by atoms with Crippen molar-refractivity contribution >= 4 is 5.91 Å². The Morgan fingerprint density at radius 1 is 1.32 bits per heavy atom. The molecule has 0 aromatic carbocycles. The number of hydrogen-bond donors (Lipinski definition) is 2. The fraction of sp³-hybridized carbons (Fsp3) is 0.714. The molecule has 2 rings (SSSR count). The van der Waals surface area contributed by atoms with Crippen molar-refractivity contribution in [1.29, 1.82) is 0 Å². The average Bonchev–Trinajstić information content (AvgIpc) is 2.51. The summed E-state index contributed by atoms with van der Waals surface area (Å²) in [6.07, 6.45) is 4.44. The smallest absolute Gasteiger partial charge is 0.255 e. The van der Waals surface area contributed by atoms with Gasteiger partial charge in [0.2, 0.25) is 0 Å². The number of hydrogen-bond acceptors (Lipinski definition) is 3. The van der Waals surface area contributed by atoms with Gasteiger partial charge in [-0.05, 0) is 26.7 Å². The van der Waals surface area contributed by atoms with Gasteiger partial charge < -0.3 is 10.4 Å². The third kappa shape index (κ3) is 2.97. The summed E-state index contributed by atoms with van der Waals surface area (Å²) in [6.45, 7) is 3.73. The Labute approximate surface area is 114 Å². The van der Waals surface area contributed by atoms with Gasteiger partial charge in [-0.1, -0.05) is 19.3 Å². The molecule has 106 valence electrons. The Kier molecular flexibility index (Phi) is 4.24. The number of nitrogens with zero attached hydrogens (tertiary/aromatic N) is 2. The molecule has 1 fully saturated rings. The van der Waals surface area contributed by atoms with Crippen molar-refractivity contribution in [2.24, 2.45) is 7.05 Å². The van der Waals surface area contributed by atoms with E-state index in [2.05, 4.69) is 10.4 Å². The predicted molar refractivity (Wildman–Crippen MR) is 73.0 cm³/mol. The molecular weight excluding hydrogens is 242 g/mol. The van der Waals surface area contributed by atoms with Crippen LogP contribution in [0.1, 0.15) is 53.8 Å². The van der Waals surface area contributed by atoms with Gasteiger partial charge in [0, 0.05) is 12.7 Å². The van der Waals surface area contributed by atoms with Crippen LogP contribution in [0, 0.1) is 13.8 Å². The van der Waals surface area contributed by atoms with Crippen LogP contribution in [0.2, 0.25) is 0 Å². The highest BCUT2D eigenvalue weighted by Gasteiger charge is 2.25. The molecule has 2 unspecified atom stereocenters. The second-order valence-electron chi connectivity index (χ2n) is 5.45. The summed E-state index contributed by atoms with van der Waals surface area (Å²) in [6, 6.07) is -0.131. The minimum absolute atomic E-state index is 0.117. The number of aliphatic hydroxyl groups is 1. The molecule has 5 nitrogen and oxygen atoms in total. The maximum Gasteiger partial charge on any atom is 0.255 e. The summed E-state index contributed by atoms with van der Waals surface area (Å²) in [5, 5.41) is 17.3. The molecule has 1 aliphatic rings. The molecule has 0 spiro atoms. The molecule has 5 heteroatoms. The maximum atomic E-state index is 12.4. The van der Waals surface area contributed by atoms with E-state index >= 15 is 0 Å². The predicted octanol–water partition coefficient (Wildman–Crippen LogP) is 1.46. The Morgan fingerprint density at radius 3 is 2.63 bits per heavy atom. The van der Waals surface area contributed by atoms with E-state index in [1.54, 1.807) is 4.68 Å². The van der Waals surface area contributed by atoms with Crippen molar-refractivity contribution < 1.29 is 9.90 Å². The summed E-state index contributed by atoms with van der Waals surface area (Å²) in [5.74, 6) is -0.117. The van der Waals surface area contributed by atoms with E-state index < -0.39 is 6.10 Å². The van der Waals surface area contributed by atoms with Gasteiger partial charge >= 0.3 is 0 Å². The summed E-state index contributed by atoms with van der Waals surface area (Å²) >= 11 is 0. The number of aliphatic hydroxyl groups excluding tert-OH is 1. The zero-order chi connectivity index (χ0) is 14.0. The zero-order valence-corrected chi connectivity index (χ0v) is 11.9. The summed E-state index contributed by atoms with van der Waals surface area (Å²) in [5.41, 5.74) is 2.23. The monoisotopic (exact) mass is 265 g/mol. The highest BCUT2D eigenvalue weighted by atomic mass is 16.3. The number of rotatable bonds is 2. The lowest BCUT2D eigenvalue weighted by Crippen LogP contribution is -2.43. The van der Waals surface area contributed by atoms with Crippen LogP contribution >= 0.6 is 0 Å². The lowest BCUT2D eigenvalue weighted by molar-refractivity contribution is 0.0817. The molecule has 19 heavy (non-hydrogen) atoms. The molecule has 2 atom stereocenters. The highest BCUT2D eigenvalue weighted by Crippen LogP contribution is 2.19. The normalized spacial score (nSPS) is 24.0. The van der Waals surface area contributed by atoms with Gasteiger partial charge in [-0.2, -0.15) is 5.10 Å². The van der Waals surface area contributed by atoms with Crippen molar-refractivity contribution in [3.8, 4) is 0 Å². The van der Waals surface area contributed by atoms with Crippen LogP contribution in [0.25, 0.3) is 0 Å². The molecule has 0 aliphatic heterocycles. The van der Waals surface area contributed by atoms with Crippen LogP contribution < -0.4 is 5.32 Å². The lowest BCUT2D eigenvalue weighted by atomic mass is 10.1. The molecule has 0 bridgehead atoms. The topological polar surface area (TPSA) is 67.2 Å². The second kappa shape index (κ2) is 5.74. The van der Waals surface area contributed by atoms with E-state index in [0.717, 1.165) is 43.5 Å². The Hall–Kier alpha value is -1.36. The number of nitrogens with one attached hydrogen (secondary N) is 1. The minimum atomic E-state index is -0.427. The molecule has 1 aromatic rings. The van der Waals surface area contributed by atoms with E-state index in [0.29, 0.717) is 5.56 Å². The largest absolute Gasteiger partial charge is 0.391 e. The van der Waals surface area contributed by atoms with Crippen LogP contribution in [0.4, 0.5) is 0 Å². The fourth-order valence-corrected chi connectivity index (χ4v) is 2.80. The summed E-state index contributed by atoms with van der Waals surface area (Å²) in [7, 11) is 1.83. The van der Waals surface area contributed by atoms with E-state index in [1.807, 2.05) is 20.9 Å². The van der Waals surface area contributed by atoms with Crippen LogP contribution in [0.3, 0.4) is 0 Å². The summed E-state index contributed by atoms with van der Waals surface area (Å²) < 4.78 is 1.72. The molecule has 1 aromatic heterocycles. The van der Waals surface area contributed by atoms with Crippen LogP contribution in [0.15, 0.2) is 0 Å². The molecule has 0 saturated heterocycles. The first-order valence-electron chi connectivity index (χ1n) is 7.00. The van der Waals surface area contributed by atoms with E-state index in [4.69, 9.17) is 0 Å². The minimum Gasteiger partial charge on any atom is -0.391 e. The van der Waals surface area contributed by atoms with Gasteiger partial charge in [0.15, 0.2) is 0 Å². The van der Waals surface area contributed by atoms with Gasteiger partial charge in [0.25, 0.3) is 5.91 Å². The van der Waals surface area contributed by atoms with Crippen LogP contribution in [0.5, 0.6) is 0 Å². The summed E-state index contributed by atoms with van der Waals surface area (Å²) in [4.78, 5) is 12.4. The first kappa shape index (κ1) is 14.1. The Bertz CT molecular complexity index is 468. The van der Waals surface area contributed by atoms with Gasteiger partial charge in [-0.15, -0.1) is 0 Å². The van der Waals surface area contributed by atoms with Gasteiger partial charge in [-0.25, -0.2) is 0 Å². The quantitative estimate of drug-likeness (QED) is 0.796. The van der Waals surface area contributed by atoms with Gasteiger partial charge in [0.1, 0.15) is 0 Å². The van der Waals surface area contributed by atoms with Crippen molar-refractivity contribution in [2.45, 2.75) is 58.1 Å². The number of carbonyl (C=O) groups excluding carboxylic acids is 1. The maximum absolute atomic E-state index is 12.4. The first-order valence-corrected chi connectivity index (χ1v) is 7.00. The van der Waals surface area contributed by atoms with Crippen LogP contribution in [-0.4, -0.2) is 32.9 Å². The fourth-order valence-electron chi connectivity index (χ4n) is 2.80. The third-order valence-electron chi connectivity index (χ3n) is 4.03. The number of amides is 1. The van der Waals surface area contributed by atoms with E-state index in [1.165, 1.54) is 0 Å². The van der Waals surface area contributed by atoms with E-state index in [-0.39, 0.29) is 11.9 Å². The SMILES string of the molecule is Cc1nn(C)c(C)c1C(=O)NC1CCCCCC1O. The molecular formula is C14H23N3O2. The van der Waals surface area contributed by atoms with Crippen LogP contribution in [-0.2, 0) is 7.05 Å². The lowest BCUT2D eigenvalue weighted by Gasteiger charge is -2.21. The number of aromatic nitrogens is 2. The first-order chi connectivity index (χ1) is 9.00. The molecule has 1 saturated carbocycles. The molecule has 2 N–H and O–H groups in total. The molecule has 1 heterocycles. The highest BCUT2D eigenvalue weighted by molar-refractivity contribution is 5.96. The number of carbonyl (C=O) groups is 1. The molecule has 0 radical (unpaired) electrons. The third-order valence-corrected chi connectivity index (χ3v) is 4.03.